The molecule has 1 unspecified atom stereocenters. The van der Waals surface area contributed by atoms with Crippen LogP contribution >= 0.6 is 0 Å². The highest BCUT2D eigenvalue weighted by molar-refractivity contribution is 7.89. The van der Waals surface area contributed by atoms with Crippen LogP contribution in [0.1, 0.15) is 49.3 Å². The van der Waals surface area contributed by atoms with E-state index in [1.54, 1.807) is 25.4 Å². The number of sulfonamides is 1. The van der Waals surface area contributed by atoms with Crippen molar-refractivity contribution < 1.29 is 12.9 Å². The molecule has 196 valence electrons. The number of aryl methyl sites for hydroxylation is 1. The van der Waals surface area contributed by atoms with E-state index in [9.17, 15) is 8.42 Å². The van der Waals surface area contributed by atoms with Crippen LogP contribution in [0.4, 0.5) is 0 Å². The summed E-state index contributed by atoms with van der Waals surface area (Å²) in [6, 6.07) is 17.7. The Bertz CT molecular complexity index is 1640. The second-order valence-corrected chi connectivity index (χ2v) is 11.8. The number of rotatable bonds is 9. The maximum Gasteiger partial charge on any atom is 0.245 e. The fourth-order valence-corrected chi connectivity index (χ4v) is 5.80. The topological polar surface area (TPSA) is 118 Å². The molecule has 0 bridgehead atoms. The number of aromatic amines is 1. The van der Waals surface area contributed by atoms with Crippen LogP contribution in [-0.2, 0) is 16.4 Å². The molecule has 0 aliphatic carbocycles. The fourth-order valence-electron chi connectivity index (χ4n) is 4.48. The van der Waals surface area contributed by atoms with Gasteiger partial charge in [-0.25, -0.2) is 13.4 Å². The first-order chi connectivity index (χ1) is 18.2. The lowest BCUT2D eigenvalue weighted by molar-refractivity contribution is 0.247. The van der Waals surface area contributed by atoms with E-state index in [1.807, 2.05) is 69.3 Å². The van der Waals surface area contributed by atoms with Gasteiger partial charge in [-0.15, -0.1) is 0 Å². The maximum atomic E-state index is 13.7. The van der Waals surface area contributed by atoms with Crippen LogP contribution in [0.3, 0.4) is 0 Å². The number of nitrogens with one attached hydrogen (secondary N) is 1. The minimum absolute atomic E-state index is 0.196. The Morgan fingerprint density at radius 2 is 1.74 bits per heavy atom. The Labute approximate surface area is 222 Å². The molecule has 0 spiro atoms. The molecule has 5 rings (SSSR count). The van der Waals surface area contributed by atoms with Crippen molar-refractivity contribution in [2.24, 2.45) is 5.92 Å². The lowest BCUT2D eigenvalue weighted by Crippen LogP contribution is -2.32. The zero-order valence-corrected chi connectivity index (χ0v) is 22.6. The smallest absolute Gasteiger partial charge is 0.245 e. The summed E-state index contributed by atoms with van der Waals surface area (Å²) in [7, 11) is -2.27. The molecule has 0 aliphatic rings. The van der Waals surface area contributed by atoms with Crippen LogP contribution < -0.4 is 0 Å². The summed E-state index contributed by atoms with van der Waals surface area (Å²) in [4.78, 5) is 17.0. The Hall–Kier alpha value is -3.89. The quantitative estimate of drug-likeness (QED) is 0.274. The maximum absolute atomic E-state index is 13.7. The standard InChI is InChI=1S/C28H30N6O3S/c1-18(2)16-25(28-32-27(33-37-28)21-8-6-5-7-9-21)34(4)38(35,36)22-12-10-20(11-13-22)17-24-26-23(14-15-29-24)30-19(3)31-26/h5-15,18,25H,16-17H2,1-4H3,(H,30,31). The third kappa shape index (κ3) is 5.23. The molecule has 0 aliphatic heterocycles. The van der Waals surface area contributed by atoms with Gasteiger partial charge in [0, 0.05) is 25.2 Å². The number of fused-ring (bicyclic) bond motifs is 1. The molecular weight excluding hydrogens is 500 g/mol. The van der Waals surface area contributed by atoms with Crippen LogP contribution in [0.15, 0.2) is 76.3 Å². The minimum Gasteiger partial charge on any atom is -0.342 e. The van der Waals surface area contributed by atoms with E-state index in [0.29, 0.717) is 18.7 Å². The lowest BCUT2D eigenvalue weighted by atomic mass is 10.0. The zero-order valence-electron chi connectivity index (χ0n) is 21.8. The van der Waals surface area contributed by atoms with Gasteiger partial charge in [-0.2, -0.15) is 9.29 Å². The number of hydrogen-bond donors (Lipinski definition) is 1. The summed E-state index contributed by atoms with van der Waals surface area (Å²) < 4.78 is 34.2. The molecule has 0 saturated carbocycles. The van der Waals surface area contributed by atoms with Gasteiger partial charge in [0.1, 0.15) is 17.4 Å². The van der Waals surface area contributed by atoms with Gasteiger partial charge in [0.05, 0.1) is 16.1 Å². The summed E-state index contributed by atoms with van der Waals surface area (Å²) in [6.45, 7) is 5.97. The van der Waals surface area contributed by atoms with E-state index >= 15 is 0 Å². The lowest BCUT2D eigenvalue weighted by Gasteiger charge is -2.26. The van der Waals surface area contributed by atoms with Gasteiger partial charge in [-0.3, -0.25) is 4.98 Å². The highest BCUT2D eigenvalue weighted by atomic mass is 32.2. The molecule has 10 heteroatoms. The van der Waals surface area contributed by atoms with Gasteiger partial charge < -0.3 is 9.51 Å². The van der Waals surface area contributed by atoms with Crippen molar-refractivity contribution in [3.63, 3.8) is 0 Å². The third-order valence-corrected chi connectivity index (χ3v) is 8.34. The number of pyridine rings is 1. The Morgan fingerprint density at radius 1 is 1.00 bits per heavy atom. The molecular formula is C28H30N6O3S. The first kappa shape index (κ1) is 25.7. The van der Waals surface area contributed by atoms with Crippen LogP contribution in [0.25, 0.3) is 22.4 Å². The summed E-state index contributed by atoms with van der Waals surface area (Å²) in [5.74, 6) is 1.73. The number of imidazole rings is 1. The molecule has 9 nitrogen and oxygen atoms in total. The van der Waals surface area contributed by atoms with Gasteiger partial charge in [0.2, 0.25) is 21.7 Å². The van der Waals surface area contributed by atoms with Crippen molar-refractivity contribution in [2.75, 3.05) is 7.05 Å². The first-order valence-corrected chi connectivity index (χ1v) is 13.9. The molecule has 0 amide bonds. The second kappa shape index (κ2) is 10.5. The molecule has 38 heavy (non-hydrogen) atoms. The first-order valence-electron chi connectivity index (χ1n) is 12.5. The Balaban J connectivity index is 1.39. The second-order valence-electron chi connectivity index (χ2n) is 9.79. The van der Waals surface area contributed by atoms with Gasteiger partial charge >= 0.3 is 0 Å². The predicted octanol–water partition coefficient (Wildman–Crippen LogP) is 5.32. The SMILES string of the molecule is Cc1nc2c(Cc3ccc(S(=O)(=O)N(C)C(CC(C)C)c4nc(-c5ccccc5)no4)cc3)nccc2[nH]1. The van der Waals surface area contributed by atoms with E-state index in [-0.39, 0.29) is 16.7 Å². The van der Waals surface area contributed by atoms with Gasteiger partial charge in [-0.1, -0.05) is 61.5 Å². The molecule has 1 N–H and O–H groups in total. The summed E-state index contributed by atoms with van der Waals surface area (Å²) in [5, 5.41) is 4.11. The third-order valence-electron chi connectivity index (χ3n) is 6.46. The molecule has 0 fully saturated rings. The summed E-state index contributed by atoms with van der Waals surface area (Å²) >= 11 is 0. The van der Waals surface area contributed by atoms with Crippen LogP contribution in [-0.4, -0.2) is 44.9 Å². The van der Waals surface area contributed by atoms with Crippen LogP contribution in [0, 0.1) is 12.8 Å². The van der Waals surface area contributed by atoms with Crippen molar-refractivity contribution in [2.45, 2.75) is 44.6 Å². The Morgan fingerprint density at radius 3 is 2.45 bits per heavy atom. The largest absolute Gasteiger partial charge is 0.342 e. The summed E-state index contributed by atoms with van der Waals surface area (Å²) in [5.41, 5.74) is 4.34. The van der Waals surface area contributed by atoms with Crippen LogP contribution in [0.5, 0.6) is 0 Å². The average Bonchev–Trinajstić information content (AvgIpc) is 3.55. The normalized spacial score (nSPS) is 13.0. The minimum atomic E-state index is -3.84. The highest BCUT2D eigenvalue weighted by Gasteiger charge is 2.33. The van der Waals surface area contributed by atoms with Gasteiger partial charge in [-0.05, 0) is 43.0 Å². The van der Waals surface area contributed by atoms with Crippen molar-refractivity contribution in [3.05, 3.63) is 89.8 Å². The molecule has 0 radical (unpaired) electrons. The van der Waals surface area contributed by atoms with Crippen molar-refractivity contribution in [1.82, 2.24) is 29.4 Å². The summed E-state index contributed by atoms with van der Waals surface area (Å²) in [6.07, 6.45) is 2.82. The van der Waals surface area contributed by atoms with Gasteiger partial charge in [0.15, 0.2) is 0 Å². The zero-order chi connectivity index (χ0) is 26.9. The van der Waals surface area contributed by atoms with E-state index in [1.165, 1.54) is 4.31 Å². The fraction of sp³-hybridized carbons (Fsp3) is 0.286. The van der Waals surface area contributed by atoms with Gasteiger partial charge in [0.25, 0.3) is 0 Å². The molecule has 0 saturated heterocycles. The number of nitrogens with zero attached hydrogens (tertiary/aromatic N) is 5. The van der Waals surface area contributed by atoms with Crippen molar-refractivity contribution in [1.29, 1.82) is 0 Å². The predicted molar refractivity (Wildman–Crippen MR) is 145 cm³/mol. The monoisotopic (exact) mass is 530 g/mol. The van der Waals surface area contributed by atoms with Crippen LogP contribution in [0.2, 0.25) is 0 Å². The Kier molecular flexibility index (Phi) is 7.09. The molecule has 3 aromatic heterocycles. The average molecular weight is 531 g/mol. The molecule has 3 heterocycles. The molecule has 1 atom stereocenters. The number of hydrogen-bond acceptors (Lipinski definition) is 7. The van der Waals surface area contributed by atoms with E-state index < -0.39 is 16.1 Å². The van der Waals surface area contributed by atoms with Crippen molar-refractivity contribution >= 4 is 21.1 Å². The van der Waals surface area contributed by atoms with Crippen molar-refractivity contribution in [3.8, 4) is 11.4 Å². The number of benzene rings is 2. The number of aromatic nitrogens is 5. The number of H-pyrrole nitrogens is 1. The molecule has 2 aromatic carbocycles. The molecule has 5 aromatic rings. The van der Waals surface area contributed by atoms with E-state index in [2.05, 4.69) is 25.1 Å². The van der Waals surface area contributed by atoms with E-state index in [4.69, 9.17) is 4.52 Å². The van der Waals surface area contributed by atoms with E-state index in [0.717, 1.165) is 33.7 Å². The highest BCUT2D eigenvalue weighted by Crippen LogP contribution is 2.32.